The number of rotatable bonds is 6. The fourth-order valence-electron chi connectivity index (χ4n) is 3.13. The number of hydrogen-bond donors (Lipinski definition) is 2. The van der Waals surface area contributed by atoms with Crippen molar-refractivity contribution in [3.63, 3.8) is 0 Å². The van der Waals surface area contributed by atoms with E-state index in [9.17, 15) is 24.3 Å². The third-order valence-electron chi connectivity index (χ3n) is 4.75. The lowest BCUT2D eigenvalue weighted by Gasteiger charge is -2.23. The Kier molecular flexibility index (Phi) is 4.78. The smallest absolute Gasteiger partial charge is 0.331 e. The summed E-state index contributed by atoms with van der Waals surface area (Å²) in [6, 6.07) is 4.21. The molecule has 2 N–H and O–H groups in total. The fourth-order valence-corrected chi connectivity index (χ4v) is 3.13. The number of imide groups is 1. The van der Waals surface area contributed by atoms with Crippen LogP contribution >= 0.6 is 0 Å². The molecule has 2 aliphatic heterocycles. The zero-order valence-electron chi connectivity index (χ0n) is 14.4. The van der Waals surface area contributed by atoms with E-state index in [1.54, 1.807) is 0 Å². The van der Waals surface area contributed by atoms with Gasteiger partial charge in [0.05, 0.1) is 17.7 Å². The van der Waals surface area contributed by atoms with Gasteiger partial charge in [0.15, 0.2) is 5.54 Å². The summed E-state index contributed by atoms with van der Waals surface area (Å²) < 4.78 is 5.11. The molecule has 3 rings (SSSR count). The normalized spacial score (nSPS) is 21.8. The Morgan fingerprint density at radius 3 is 2.62 bits per heavy atom. The average molecular weight is 360 g/mol. The number of fused-ring (bicyclic) bond motifs is 1. The van der Waals surface area contributed by atoms with Crippen LogP contribution in [0.3, 0.4) is 0 Å². The van der Waals surface area contributed by atoms with Crippen LogP contribution in [0.5, 0.6) is 0 Å². The summed E-state index contributed by atoms with van der Waals surface area (Å²) in [4.78, 5) is 50.0. The van der Waals surface area contributed by atoms with E-state index < -0.39 is 23.3 Å². The molecule has 0 aliphatic carbocycles. The van der Waals surface area contributed by atoms with Gasteiger partial charge in [-0.25, -0.2) is 4.79 Å². The first-order chi connectivity index (χ1) is 12.4. The summed E-state index contributed by atoms with van der Waals surface area (Å²) in [6.07, 6.45) is 1.72. The van der Waals surface area contributed by atoms with Crippen LogP contribution in [0.1, 0.15) is 57.3 Å². The second-order valence-electron chi connectivity index (χ2n) is 6.52. The molecular formula is C18H20N2O6. The first kappa shape index (κ1) is 18.1. The van der Waals surface area contributed by atoms with Gasteiger partial charge in [0, 0.05) is 25.1 Å². The molecule has 3 amide bonds. The lowest BCUT2D eigenvalue weighted by molar-refractivity contribution is -0.144. The van der Waals surface area contributed by atoms with Crippen LogP contribution in [0.4, 0.5) is 0 Å². The number of benzene rings is 1. The summed E-state index contributed by atoms with van der Waals surface area (Å²) in [5.74, 6) is -2.57. The minimum Gasteiger partial charge on any atom is -0.479 e. The predicted octanol–water partition coefficient (Wildman–Crippen LogP) is 1.06. The zero-order valence-corrected chi connectivity index (χ0v) is 14.4. The van der Waals surface area contributed by atoms with Crippen LogP contribution in [-0.4, -0.2) is 59.0 Å². The van der Waals surface area contributed by atoms with Crippen LogP contribution in [0.2, 0.25) is 0 Å². The van der Waals surface area contributed by atoms with Gasteiger partial charge < -0.3 is 15.2 Å². The molecule has 1 fully saturated rings. The lowest BCUT2D eigenvalue weighted by Crippen LogP contribution is -2.55. The molecule has 2 heterocycles. The Balaban J connectivity index is 1.83. The number of nitrogens with zero attached hydrogens (tertiary/aromatic N) is 1. The van der Waals surface area contributed by atoms with E-state index in [2.05, 4.69) is 5.32 Å². The molecule has 2 aliphatic rings. The van der Waals surface area contributed by atoms with E-state index in [1.165, 1.54) is 23.1 Å². The molecule has 8 nitrogen and oxygen atoms in total. The van der Waals surface area contributed by atoms with Crippen molar-refractivity contribution in [2.24, 2.45) is 0 Å². The molecule has 138 valence electrons. The number of amides is 3. The average Bonchev–Trinajstić information content (AvgIpc) is 3.18. The quantitative estimate of drug-likeness (QED) is 0.734. The summed E-state index contributed by atoms with van der Waals surface area (Å²) >= 11 is 0. The molecule has 1 atom stereocenters. The maximum atomic E-state index is 12.5. The monoisotopic (exact) mass is 360 g/mol. The Labute approximate surface area is 150 Å². The maximum Gasteiger partial charge on any atom is 0.331 e. The van der Waals surface area contributed by atoms with Gasteiger partial charge in [-0.05, 0) is 24.6 Å². The van der Waals surface area contributed by atoms with Crippen LogP contribution in [0.25, 0.3) is 0 Å². The number of carboxylic acids is 1. The molecule has 1 aromatic rings. The minimum atomic E-state index is -1.47. The molecule has 0 radical (unpaired) electrons. The third kappa shape index (κ3) is 2.96. The topological polar surface area (TPSA) is 113 Å². The zero-order chi connectivity index (χ0) is 18.9. The van der Waals surface area contributed by atoms with Crippen molar-refractivity contribution in [1.82, 2.24) is 10.2 Å². The molecule has 0 aromatic heterocycles. The van der Waals surface area contributed by atoms with Crippen molar-refractivity contribution in [3.05, 3.63) is 34.9 Å². The van der Waals surface area contributed by atoms with E-state index in [0.717, 1.165) is 6.42 Å². The van der Waals surface area contributed by atoms with Crippen molar-refractivity contribution in [3.8, 4) is 0 Å². The van der Waals surface area contributed by atoms with Gasteiger partial charge >= 0.3 is 5.97 Å². The number of nitrogens with one attached hydrogen (secondary N) is 1. The SMILES string of the molecule is CCCCN1C(=O)c2ccc(C(=O)NC3(C(=O)O)CCOC3)cc2C1=O. The van der Waals surface area contributed by atoms with E-state index in [4.69, 9.17) is 4.74 Å². The van der Waals surface area contributed by atoms with E-state index in [0.29, 0.717) is 13.0 Å². The number of carboxylic acid groups (broad SMARTS) is 1. The van der Waals surface area contributed by atoms with Gasteiger partial charge in [0.25, 0.3) is 17.7 Å². The van der Waals surface area contributed by atoms with Gasteiger partial charge in [-0.3, -0.25) is 19.3 Å². The molecule has 0 bridgehead atoms. The fraction of sp³-hybridized carbons (Fsp3) is 0.444. The second-order valence-corrected chi connectivity index (χ2v) is 6.52. The van der Waals surface area contributed by atoms with Crippen LogP contribution in [0.15, 0.2) is 18.2 Å². The van der Waals surface area contributed by atoms with Crippen molar-refractivity contribution in [2.45, 2.75) is 31.7 Å². The van der Waals surface area contributed by atoms with Gasteiger partial charge in [-0.1, -0.05) is 13.3 Å². The lowest BCUT2D eigenvalue weighted by atomic mass is 9.97. The van der Waals surface area contributed by atoms with Gasteiger partial charge in [0.2, 0.25) is 0 Å². The summed E-state index contributed by atoms with van der Waals surface area (Å²) in [7, 11) is 0. The molecule has 26 heavy (non-hydrogen) atoms. The molecule has 8 heteroatoms. The number of ether oxygens (including phenoxy) is 1. The van der Waals surface area contributed by atoms with Crippen LogP contribution in [-0.2, 0) is 9.53 Å². The van der Waals surface area contributed by atoms with E-state index in [-0.39, 0.29) is 42.2 Å². The highest BCUT2D eigenvalue weighted by Crippen LogP contribution is 2.25. The van der Waals surface area contributed by atoms with Gasteiger partial charge in [0.1, 0.15) is 0 Å². The number of unbranched alkanes of at least 4 members (excludes halogenated alkanes) is 1. The number of carbonyl (C=O) groups is 4. The molecule has 1 unspecified atom stereocenters. The van der Waals surface area contributed by atoms with Crippen molar-refractivity contribution < 1.29 is 29.0 Å². The summed E-state index contributed by atoms with van der Waals surface area (Å²) in [5.41, 5.74) is -0.899. The summed E-state index contributed by atoms with van der Waals surface area (Å²) in [6.45, 7) is 2.44. The largest absolute Gasteiger partial charge is 0.479 e. The first-order valence-corrected chi connectivity index (χ1v) is 8.53. The first-order valence-electron chi connectivity index (χ1n) is 8.53. The Morgan fingerprint density at radius 1 is 1.27 bits per heavy atom. The van der Waals surface area contributed by atoms with Crippen molar-refractivity contribution in [2.75, 3.05) is 19.8 Å². The molecule has 1 saturated heterocycles. The molecule has 0 saturated carbocycles. The van der Waals surface area contributed by atoms with Crippen LogP contribution in [0, 0.1) is 0 Å². The Bertz CT molecular complexity index is 782. The standard InChI is InChI=1S/C18H20N2O6/c1-2-3-7-20-15(22)12-5-4-11(9-13(12)16(20)23)14(21)19-18(17(24)25)6-8-26-10-18/h4-5,9H,2-3,6-8,10H2,1H3,(H,19,21)(H,24,25). The van der Waals surface area contributed by atoms with Crippen molar-refractivity contribution >= 4 is 23.7 Å². The Morgan fingerprint density at radius 2 is 2.00 bits per heavy atom. The highest BCUT2D eigenvalue weighted by molar-refractivity contribution is 6.22. The minimum absolute atomic E-state index is 0.110. The summed E-state index contributed by atoms with van der Waals surface area (Å²) in [5, 5.41) is 11.9. The highest BCUT2D eigenvalue weighted by Gasteiger charge is 2.44. The number of hydrogen-bond acceptors (Lipinski definition) is 5. The second kappa shape index (κ2) is 6.87. The molecule has 1 aromatic carbocycles. The van der Waals surface area contributed by atoms with Gasteiger partial charge in [-0.15, -0.1) is 0 Å². The van der Waals surface area contributed by atoms with Crippen LogP contribution < -0.4 is 5.32 Å². The van der Waals surface area contributed by atoms with Crippen molar-refractivity contribution in [1.29, 1.82) is 0 Å². The molecular weight excluding hydrogens is 340 g/mol. The third-order valence-corrected chi connectivity index (χ3v) is 4.75. The number of aliphatic carboxylic acids is 1. The Hall–Kier alpha value is -2.74. The highest BCUT2D eigenvalue weighted by atomic mass is 16.5. The van der Waals surface area contributed by atoms with Gasteiger partial charge in [-0.2, -0.15) is 0 Å². The van der Waals surface area contributed by atoms with E-state index >= 15 is 0 Å². The molecule has 0 spiro atoms. The maximum absolute atomic E-state index is 12.5. The number of carbonyl (C=O) groups excluding carboxylic acids is 3. The predicted molar refractivity (Wildman–Crippen MR) is 90.0 cm³/mol. The van der Waals surface area contributed by atoms with E-state index in [1.807, 2.05) is 6.92 Å².